The third kappa shape index (κ3) is 3.77. The van der Waals surface area contributed by atoms with Gasteiger partial charge >= 0.3 is 0 Å². The first-order valence-corrected chi connectivity index (χ1v) is 11.5. The fourth-order valence-electron chi connectivity index (χ4n) is 4.51. The SMILES string of the molecule is Cc1cc(C)n(C(C=O)N2CCN(c3ccccc3-c3cc4ccccc4s3)CC2)n1. The number of para-hydroxylation sites is 1. The van der Waals surface area contributed by atoms with Gasteiger partial charge in [0.05, 0.1) is 5.69 Å². The molecule has 1 fully saturated rings. The summed E-state index contributed by atoms with van der Waals surface area (Å²) in [6.07, 6.45) is 0.675. The van der Waals surface area contributed by atoms with E-state index in [0.29, 0.717) is 0 Å². The summed E-state index contributed by atoms with van der Waals surface area (Å²) in [6, 6.07) is 21.5. The first kappa shape index (κ1) is 20.0. The van der Waals surface area contributed by atoms with Crippen LogP contribution in [0.1, 0.15) is 17.6 Å². The topological polar surface area (TPSA) is 41.4 Å². The lowest BCUT2D eigenvalue weighted by Gasteiger charge is -2.39. The van der Waals surface area contributed by atoms with Crippen molar-refractivity contribution in [2.45, 2.75) is 20.0 Å². The summed E-state index contributed by atoms with van der Waals surface area (Å²) in [5.74, 6) is 0. The van der Waals surface area contributed by atoms with Crippen LogP contribution in [0.25, 0.3) is 20.5 Å². The maximum absolute atomic E-state index is 11.9. The van der Waals surface area contributed by atoms with Crippen LogP contribution in [-0.4, -0.2) is 47.1 Å². The van der Waals surface area contributed by atoms with E-state index >= 15 is 0 Å². The molecule has 1 unspecified atom stereocenters. The Kier molecular flexibility index (Phi) is 5.34. The van der Waals surface area contributed by atoms with E-state index in [-0.39, 0.29) is 6.17 Å². The average Bonchev–Trinajstić information content (AvgIpc) is 3.37. The van der Waals surface area contributed by atoms with Crippen LogP contribution in [0.15, 0.2) is 60.7 Å². The summed E-state index contributed by atoms with van der Waals surface area (Å²) >= 11 is 1.84. The molecule has 0 aliphatic carbocycles. The molecule has 5 nitrogen and oxygen atoms in total. The Morgan fingerprint density at radius 2 is 1.71 bits per heavy atom. The first-order valence-electron chi connectivity index (χ1n) is 10.7. The number of carbonyl (C=O) groups excluding carboxylic acids is 1. The third-order valence-corrected chi connectivity index (χ3v) is 7.19. The summed E-state index contributed by atoms with van der Waals surface area (Å²) in [4.78, 5) is 17.9. The van der Waals surface area contributed by atoms with E-state index < -0.39 is 0 Å². The molecule has 3 heterocycles. The molecule has 158 valence electrons. The van der Waals surface area contributed by atoms with Crippen LogP contribution >= 0.6 is 11.3 Å². The fraction of sp³-hybridized carbons (Fsp3) is 0.280. The zero-order valence-corrected chi connectivity index (χ0v) is 18.7. The molecule has 5 rings (SSSR count). The highest BCUT2D eigenvalue weighted by Crippen LogP contribution is 2.38. The van der Waals surface area contributed by atoms with Gasteiger partial charge in [-0.2, -0.15) is 5.10 Å². The number of hydrogen-bond donors (Lipinski definition) is 0. The molecule has 31 heavy (non-hydrogen) atoms. The Morgan fingerprint density at radius 1 is 0.968 bits per heavy atom. The van der Waals surface area contributed by atoms with E-state index in [4.69, 9.17) is 0 Å². The van der Waals surface area contributed by atoms with Gasteiger partial charge in [-0.1, -0.05) is 36.4 Å². The maximum atomic E-state index is 11.9. The van der Waals surface area contributed by atoms with Crippen molar-refractivity contribution in [3.63, 3.8) is 0 Å². The van der Waals surface area contributed by atoms with E-state index in [1.807, 2.05) is 35.9 Å². The largest absolute Gasteiger partial charge is 0.368 e. The number of thiophene rings is 1. The molecule has 0 radical (unpaired) electrons. The fourth-order valence-corrected chi connectivity index (χ4v) is 5.61. The Balaban J connectivity index is 1.37. The number of rotatable bonds is 5. The Morgan fingerprint density at radius 3 is 2.42 bits per heavy atom. The van der Waals surface area contributed by atoms with Crippen LogP contribution in [0.2, 0.25) is 0 Å². The number of fused-ring (bicyclic) bond motifs is 1. The zero-order valence-electron chi connectivity index (χ0n) is 17.9. The van der Waals surface area contributed by atoms with E-state index in [1.165, 1.54) is 26.2 Å². The van der Waals surface area contributed by atoms with Crippen LogP contribution in [-0.2, 0) is 4.79 Å². The van der Waals surface area contributed by atoms with E-state index in [9.17, 15) is 4.79 Å². The standard InChI is InChI=1S/C25H26N4OS/c1-18-15-19(2)29(26-18)25(17-30)28-13-11-27(12-14-28)22-9-5-4-8-21(22)24-16-20-7-3-6-10-23(20)31-24/h3-10,15-17,25H,11-14H2,1-2H3. The van der Waals surface area contributed by atoms with Crippen molar-refractivity contribution >= 4 is 33.4 Å². The molecular formula is C25H26N4OS. The Labute approximate surface area is 186 Å². The molecule has 6 heteroatoms. The molecular weight excluding hydrogens is 404 g/mol. The summed E-state index contributed by atoms with van der Waals surface area (Å²) < 4.78 is 3.17. The predicted octanol–water partition coefficient (Wildman–Crippen LogP) is 4.90. The minimum Gasteiger partial charge on any atom is -0.368 e. The number of piperazine rings is 1. The molecule has 0 amide bonds. The van der Waals surface area contributed by atoms with Gasteiger partial charge in [0, 0.05) is 52.7 Å². The summed E-state index contributed by atoms with van der Waals surface area (Å²) in [5.41, 5.74) is 4.51. The molecule has 1 aliphatic rings. The number of benzene rings is 2. The van der Waals surface area contributed by atoms with Crippen molar-refractivity contribution in [1.29, 1.82) is 0 Å². The number of carbonyl (C=O) groups is 1. The number of aldehydes is 1. The van der Waals surface area contributed by atoms with Crippen molar-refractivity contribution in [3.8, 4) is 10.4 Å². The van der Waals surface area contributed by atoms with Gasteiger partial charge in [0.15, 0.2) is 12.5 Å². The molecule has 1 saturated heterocycles. The van der Waals surface area contributed by atoms with Gasteiger partial charge in [-0.25, -0.2) is 4.68 Å². The minimum atomic E-state index is -0.339. The maximum Gasteiger partial charge on any atom is 0.160 e. The highest BCUT2D eigenvalue weighted by atomic mass is 32.1. The van der Waals surface area contributed by atoms with Crippen LogP contribution in [0, 0.1) is 13.8 Å². The van der Waals surface area contributed by atoms with Crippen molar-refractivity contribution in [2.24, 2.45) is 0 Å². The number of nitrogens with zero attached hydrogens (tertiary/aromatic N) is 4. The molecule has 2 aromatic carbocycles. The van der Waals surface area contributed by atoms with E-state index in [0.717, 1.165) is 43.9 Å². The van der Waals surface area contributed by atoms with Crippen molar-refractivity contribution in [3.05, 3.63) is 72.1 Å². The molecule has 0 spiro atoms. The summed E-state index contributed by atoms with van der Waals surface area (Å²) in [7, 11) is 0. The van der Waals surface area contributed by atoms with Crippen LogP contribution in [0.4, 0.5) is 5.69 Å². The van der Waals surface area contributed by atoms with E-state index in [2.05, 4.69) is 69.5 Å². The quantitative estimate of drug-likeness (QED) is 0.422. The molecule has 0 N–H and O–H groups in total. The third-order valence-electron chi connectivity index (χ3n) is 6.04. The Hall–Kier alpha value is -2.96. The normalized spacial score (nSPS) is 16.0. The average molecular weight is 431 g/mol. The van der Waals surface area contributed by atoms with Crippen molar-refractivity contribution < 1.29 is 4.79 Å². The van der Waals surface area contributed by atoms with Crippen molar-refractivity contribution in [2.75, 3.05) is 31.1 Å². The lowest BCUT2D eigenvalue weighted by molar-refractivity contribution is -0.116. The molecule has 0 saturated carbocycles. The summed E-state index contributed by atoms with van der Waals surface area (Å²) in [5, 5.41) is 5.83. The number of aromatic nitrogens is 2. The molecule has 1 aliphatic heterocycles. The highest BCUT2D eigenvalue weighted by Gasteiger charge is 2.27. The van der Waals surface area contributed by atoms with Gasteiger partial charge < -0.3 is 4.90 Å². The number of aryl methyl sites for hydroxylation is 2. The summed E-state index contributed by atoms with van der Waals surface area (Å²) in [6.45, 7) is 7.38. The second kappa shape index (κ2) is 8.29. The molecule has 4 aromatic rings. The monoisotopic (exact) mass is 430 g/mol. The zero-order chi connectivity index (χ0) is 21.4. The molecule has 0 bridgehead atoms. The van der Waals surface area contributed by atoms with Gasteiger partial charge in [0.25, 0.3) is 0 Å². The van der Waals surface area contributed by atoms with Gasteiger partial charge in [-0.3, -0.25) is 9.69 Å². The van der Waals surface area contributed by atoms with Crippen LogP contribution < -0.4 is 4.90 Å². The lowest BCUT2D eigenvalue weighted by Crippen LogP contribution is -2.49. The molecule has 2 aromatic heterocycles. The van der Waals surface area contributed by atoms with E-state index in [1.54, 1.807) is 0 Å². The van der Waals surface area contributed by atoms with Crippen LogP contribution in [0.5, 0.6) is 0 Å². The molecule has 1 atom stereocenters. The first-order chi connectivity index (χ1) is 15.1. The van der Waals surface area contributed by atoms with Gasteiger partial charge in [-0.15, -0.1) is 11.3 Å². The van der Waals surface area contributed by atoms with Gasteiger partial charge in [0.1, 0.15) is 0 Å². The Bertz CT molecular complexity index is 1190. The smallest absolute Gasteiger partial charge is 0.160 e. The van der Waals surface area contributed by atoms with Gasteiger partial charge in [-0.05, 0) is 43.5 Å². The number of hydrogen-bond acceptors (Lipinski definition) is 5. The van der Waals surface area contributed by atoms with Gasteiger partial charge in [0.2, 0.25) is 0 Å². The van der Waals surface area contributed by atoms with Crippen LogP contribution in [0.3, 0.4) is 0 Å². The number of anilines is 1. The highest BCUT2D eigenvalue weighted by molar-refractivity contribution is 7.22. The lowest BCUT2D eigenvalue weighted by atomic mass is 10.1. The van der Waals surface area contributed by atoms with Crippen molar-refractivity contribution in [1.82, 2.24) is 14.7 Å². The predicted molar refractivity (Wildman–Crippen MR) is 128 cm³/mol. The second-order valence-electron chi connectivity index (χ2n) is 8.11. The second-order valence-corrected chi connectivity index (χ2v) is 9.19. The minimum absolute atomic E-state index is 0.339.